The third-order valence-corrected chi connectivity index (χ3v) is 23.7. The number of esters is 1. The van der Waals surface area contributed by atoms with E-state index < -0.39 is 46.7 Å². The topological polar surface area (TPSA) is 122 Å². The number of hydrogen-bond acceptors (Lipinski definition) is 10. The Labute approximate surface area is 375 Å². The van der Waals surface area contributed by atoms with Crippen molar-refractivity contribution in [3.63, 3.8) is 0 Å². The fourth-order valence-electron chi connectivity index (χ4n) is 9.53. The first-order chi connectivity index (χ1) is 28.6. The maximum atomic E-state index is 12.2. The van der Waals surface area contributed by atoms with Gasteiger partial charge in [-0.3, -0.25) is 0 Å². The summed E-state index contributed by atoms with van der Waals surface area (Å²) in [6.07, 6.45) is 8.16. The van der Waals surface area contributed by atoms with Crippen LogP contribution in [0.5, 0.6) is 0 Å². The van der Waals surface area contributed by atoms with Gasteiger partial charge in [0.1, 0.15) is 6.10 Å². The average molecular weight is 897 g/mol. The van der Waals surface area contributed by atoms with E-state index in [9.17, 15) is 15.0 Å². The van der Waals surface area contributed by atoms with Crippen molar-refractivity contribution in [1.29, 1.82) is 0 Å². The lowest BCUT2D eigenvalue weighted by Gasteiger charge is -2.54. The number of allylic oxidation sites excluding steroid dienone is 5. The monoisotopic (exact) mass is 897 g/mol. The number of methoxy groups -OCH3 is 4. The van der Waals surface area contributed by atoms with E-state index in [0.717, 1.165) is 47.4 Å². The van der Waals surface area contributed by atoms with Gasteiger partial charge >= 0.3 is 5.97 Å². The first kappa shape index (κ1) is 57.4. The van der Waals surface area contributed by atoms with E-state index in [4.69, 9.17) is 32.5 Å². The zero-order valence-corrected chi connectivity index (χ0v) is 44.1. The summed E-state index contributed by atoms with van der Waals surface area (Å²) in [5, 5.41) is 23.5. The van der Waals surface area contributed by atoms with Crippen molar-refractivity contribution in [2.75, 3.05) is 28.4 Å². The lowest BCUT2D eigenvalue weighted by atomic mass is 9.76. The van der Waals surface area contributed by atoms with Gasteiger partial charge in [-0.15, -0.1) is 0 Å². The molecule has 356 valence electrons. The number of aliphatic hydroxyl groups excluding tert-OH is 2. The van der Waals surface area contributed by atoms with Crippen LogP contribution in [0.15, 0.2) is 47.3 Å². The number of aliphatic hydroxyl groups is 2. The highest BCUT2D eigenvalue weighted by molar-refractivity contribution is 6.74. The molecule has 1 fully saturated rings. The second kappa shape index (κ2) is 27.0. The molecule has 1 heterocycles. The maximum absolute atomic E-state index is 12.2. The van der Waals surface area contributed by atoms with E-state index in [0.29, 0.717) is 12.8 Å². The number of ether oxygens (including phenoxy) is 5. The fraction of sp³-hybridized carbons (Fsp3) is 0.816. The minimum Gasteiger partial charge on any atom is -0.490 e. The summed E-state index contributed by atoms with van der Waals surface area (Å²) in [7, 11) is 1.98. The molecule has 1 unspecified atom stereocenters. The zero-order valence-electron chi connectivity index (χ0n) is 42.1. The maximum Gasteiger partial charge on any atom is 0.373 e. The summed E-state index contributed by atoms with van der Waals surface area (Å²) in [4.78, 5) is 11.9. The lowest BCUT2D eigenvalue weighted by molar-refractivity contribution is -0.336. The Balaban J connectivity index is 3.52. The minimum absolute atomic E-state index is 0.0157. The number of rotatable bonds is 28. The Morgan fingerprint density at radius 3 is 1.85 bits per heavy atom. The van der Waals surface area contributed by atoms with Gasteiger partial charge in [-0.25, -0.2) is 4.79 Å². The van der Waals surface area contributed by atoms with E-state index in [-0.39, 0.29) is 59.6 Å². The van der Waals surface area contributed by atoms with Crippen molar-refractivity contribution >= 4 is 22.6 Å². The molecule has 1 aliphatic rings. The molecule has 1 rings (SSSR count). The molecule has 0 radical (unpaired) electrons. The Morgan fingerprint density at radius 1 is 0.836 bits per heavy atom. The molecule has 1 aliphatic heterocycles. The van der Waals surface area contributed by atoms with Gasteiger partial charge in [0.25, 0.3) is 0 Å². The molecule has 12 heteroatoms. The van der Waals surface area contributed by atoms with Gasteiger partial charge in [0, 0.05) is 44.3 Å². The Bertz CT molecular complexity index is 1390. The van der Waals surface area contributed by atoms with E-state index in [1.54, 1.807) is 20.3 Å². The molecule has 2 N–H and O–H groups in total. The van der Waals surface area contributed by atoms with Crippen LogP contribution in [-0.2, 0) is 37.3 Å². The van der Waals surface area contributed by atoms with Crippen LogP contribution in [0.1, 0.15) is 117 Å². The van der Waals surface area contributed by atoms with Gasteiger partial charge in [-0.05, 0) is 74.4 Å². The van der Waals surface area contributed by atoms with Gasteiger partial charge in [0.15, 0.2) is 22.4 Å². The summed E-state index contributed by atoms with van der Waals surface area (Å²) in [5.41, 5.74) is 1.88. The highest BCUT2D eigenvalue weighted by Crippen LogP contribution is 2.47. The van der Waals surface area contributed by atoms with Crippen molar-refractivity contribution in [3.8, 4) is 0 Å². The van der Waals surface area contributed by atoms with Gasteiger partial charge in [-0.2, -0.15) is 0 Å². The fourth-order valence-corrected chi connectivity index (χ4v) is 15.5. The predicted octanol–water partition coefficient (Wildman–Crippen LogP) is 11.0. The summed E-state index contributed by atoms with van der Waals surface area (Å²) < 4.78 is 44.5. The first-order valence-electron chi connectivity index (χ1n) is 23.5. The predicted molar refractivity (Wildman–Crippen MR) is 255 cm³/mol. The molecule has 0 bridgehead atoms. The summed E-state index contributed by atoms with van der Waals surface area (Å²) in [6, 6.07) is 6.15. The lowest BCUT2D eigenvalue weighted by Crippen LogP contribution is -2.62. The SMILES string of the molecule is CC[Si](CC)(CC)O[C@H]([C@H](C)C(O)[C@H](/C=C/C=C(\C)C[C@H](C)[C@H](O)[C@H](C)/C=C(C)/C=C(\OC)C(=O)OC)OC)[C@H](C)[C@@]1(OC)C[C@@H](O[Si](CC)(CC)CC)[C@H](C)[C@@H](C(C)C)O1. The van der Waals surface area contributed by atoms with Crippen molar-refractivity contribution in [2.24, 2.45) is 35.5 Å². The van der Waals surface area contributed by atoms with Crippen LogP contribution in [0, 0.1) is 35.5 Å². The molecular weight excluding hydrogens is 805 g/mol. The molecule has 0 aromatic heterocycles. The highest BCUT2D eigenvalue weighted by Gasteiger charge is 2.55. The van der Waals surface area contributed by atoms with Crippen LogP contribution in [0.25, 0.3) is 0 Å². The summed E-state index contributed by atoms with van der Waals surface area (Å²) >= 11 is 0. The first-order valence-corrected chi connectivity index (χ1v) is 28.5. The molecule has 10 nitrogen and oxygen atoms in total. The summed E-state index contributed by atoms with van der Waals surface area (Å²) in [6.45, 7) is 32.5. The van der Waals surface area contributed by atoms with E-state index in [2.05, 4.69) is 76.2 Å². The van der Waals surface area contributed by atoms with Crippen LogP contribution < -0.4 is 0 Å². The molecule has 0 saturated carbocycles. The Hall–Kier alpha value is -1.62. The molecule has 61 heavy (non-hydrogen) atoms. The van der Waals surface area contributed by atoms with E-state index in [1.165, 1.54) is 14.2 Å². The van der Waals surface area contributed by atoms with Crippen molar-refractivity contribution < 1.29 is 47.5 Å². The smallest absolute Gasteiger partial charge is 0.373 e. The van der Waals surface area contributed by atoms with E-state index >= 15 is 0 Å². The third kappa shape index (κ3) is 15.5. The Kier molecular flexibility index (Phi) is 25.4. The highest BCUT2D eigenvalue weighted by atomic mass is 28.4. The van der Waals surface area contributed by atoms with Gasteiger partial charge in [0.05, 0.1) is 44.7 Å². The standard InChI is InChI=1S/C49H92O10Si2/c1-20-60(21-2,22-3)58-43-32-49(56-19,57-46(33(7)8)38(43)13)40(15)47(59-61(23-4,24-5)25-6)39(14)45(51)41(53-16)28-26-27-34(9)29-36(11)44(50)37(12)30-35(10)31-42(54-17)48(52)55-18/h26-28,30-31,33,36-41,43-47,50-51H,20-25,29,32H2,1-19H3/b28-26+,34-27+,35-30+,42-31-/t36-,37+,38-,39+,40-,41-,43+,44-,45?,46+,47+,49+/m0/s1. The Morgan fingerprint density at radius 2 is 1.39 bits per heavy atom. The average Bonchev–Trinajstić information content (AvgIpc) is 3.26. The van der Waals surface area contributed by atoms with Crippen molar-refractivity contribution in [1.82, 2.24) is 0 Å². The third-order valence-electron chi connectivity index (χ3n) is 14.4. The van der Waals surface area contributed by atoms with Crippen molar-refractivity contribution in [3.05, 3.63) is 47.3 Å². The van der Waals surface area contributed by atoms with Crippen LogP contribution in [-0.4, -0.2) is 104 Å². The van der Waals surface area contributed by atoms with Crippen LogP contribution in [0.2, 0.25) is 36.3 Å². The van der Waals surface area contributed by atoms with Crippen LogP contribution in [0.3, 0.4) is 0 Å². The van der Waals surface area contributed by atoms with Crippen molar-refractivity contribution in [2.45, 2.75) is 195 Å². The van der Waals surface area contributed by atoms with Gasteiger partial charge in [0.2, 0.25) is 5.76 Å². The number of carbonyl (C=O) groups is 1. The van der Waals surface area contributed by atoms with Crippen LogP contribution in [0.4, 0.5) is 0 Å². The molecular formula is C49H92O10Si2. The number of carbonyl (C=O) groups excluding carboxylic acids is 1. The molecule has 0 amide bonds. The molecule has 0 aliphatic carbocycles. The molecule has 0 aromatic rings. The molecule has 1 saturated heterocycles. The molecule has 12 atom stereocenters. The second-order valence-corrected chi connectivity index (χ2v) is 28.0. The normalized spacial score (nSPS) is 25.2. The molecule has 0 aromatic carbocycles. The number of hydrogen-bond donors (Lipinski definition) is 2. The summed E-state index contributed by atoms with van der Waals surface area (Å²) in [5.74, 6) is -1.74. The zero-order chi connectivity index (χ0) is 46.9. The minimum atomic E-state index is -2.20. The molecule has 0 spiro atoms. The quantitative estimate of drug-likeness (QED) is 0.0258. The largest absolute Gasteiger partial charge is 0.490 e. The van der Waals surface area contributed by atoms with Gasteiger partial charge in [-0.1, -0.05) is 125 Å². The van der Waals surface area contributed by atoms with Gasteiger partial charge < -0.3 is 42.7 Å². The van der Waals surface area contributed by atoms with Crippen LogP contribution >= 0.6 is 0 Å². The van der Waals surface area contributed by atoms with E-state index in [1.807, 2.05) is 52.0 Å². The second-order valence-electron chi connectivity index (χ2n) is 18.5.